The van der Waals surface area contributed by atoms with Crippen LogP contribution in [-0.4, -0.2) is 37.1 Å². The summed E-state index contributed by atoms with van der Waals surface area (Å²) in [4.78, 5) is 12.0. The van der Waals surface area contributed by atoms with Gasteiger partial charge in [-0.05, 0) is 39.0 Å². The molecular formula is C17H32N4O2. The molecular weight excluding hydrogens is 292 g/mol. The summed E-state index contributed by atoms with van der Waals surface area (Å²) in [6.45, 7) is 14.3. The zero-order valence-electron chi connectivity index (χ0n) is 15.6. The first kappa shape index (κ1) is 19.6. The molecule has 6 nitrogen and oxygen atoms in total. The summed E-state index contributed by atoms with van der Waals surface area (Å²) in [6.07, 6.45) is 3.23. The highest BCUT2D eigenvalue weighted by Crippen LogP contribution is 2.34. The van der Waals surface area contributed by atoms with E-state index in [4.69, 9.17) is 0 Å². The number of hydrogen-bond acceptors (Lipinski definition) is 4. The van der Waals surface area contributed by atoms with Gasteiger partial charge in [0.1, 0.15) is 0 Å². The van der Waals surface area contributed by atoms with E-state index in [1.165, 1.54) is 0 Å². The second kappa shape index (κ2) is 6.99. The quantitative estimate of drug-likeness (QED) is 0.841. The maximum atomic E-state index is 12.0. The molecule has 0 spiro atoms. The van der Waals surface area contributed by atoms with E-state index in [2.05, 4.69) is 15.6 Å². The van der Waals surface area contributed by atoms with Gasteiger partial charge in [-0.25, -0.2) is 4.68 Å². The maximum absolute atomic E-state index is 12.0. The van der Waals surface area contributed by atoms with Gasteiger partial charge in [0, 0.05) is 12.0 Å². The van der Waals surface area contributed by atoms with E-state index < -0.39 is 5.60 Å². The monoisotopic (exact) mass is 324 g/mol. The van der Waals surface area contributed by atoms with Crippen molar-refractivity contribution >= 4 is 5.91 Å². The second-order valence-electron chi connectivity index (χ2n) is 8.32. The molecule has 23 heavy (non-hydrogen) atoms. The van der Waals surface area contributed by atoms with Crippen LogP contribution in [0.1, 0.15) is 67.0 Å². The van der Waals surface area contributed by atoms with Crippen molar-refractivity contribution < 1.29 is 9.90 Å². The van der Waals surface area contributed by atoms with Crippen molar-refractivity contribution in [1.82, 2.24) is 20.3 Å². The summed E-state index contributed by atoms with van der Waals surface area (Å²) in [7, 11) is 0. The molecule has 0 saturated heterocycles. The number of amides is 1. The zero-order valence-corrected chi connectivity index (χ0v) is 15.6. The number of hydrogen-bond donors (Lipinski definition) is 2. The summed E-state index contributed by atoms with van der Waals surface area (Å²) in [5, 5.41) is 21.9. The van der Waals surface area contributed by atoms with Crippen LogP contribution < -0.4 is 5.32 Å². The Bertz CT molecular complexity index is 525. The number of rotatable bonds is 6. The van der Waals surface area contributed by atoms with Crippen LogP contribution >= 0.6 is 0 Å². The van der Waals surface area contributed by atoms with Crippen LogP contribution in [0.4, 0.5) is 0 Å². The first-order chi connectivity index (χ1) is 10.4. The second-order valence-corrected chi connectivity index (χ2v) is 8.32. The smallest absolute Gasteiger partial charge is 0.220 e. The molecule has 1 heterocycles. The van der Waals surface area contributed by atoms with Gasteiger partial charge in [-0.3, -0.25) is 4.79 Å². The first-order valence-corrected chi connectivity index (χ1v) is 8.29. The van der Waals surface area contributed by atoms with Gasteiger partial charge < -0.3 is 10.4 Å². The first-order valence-electron chi connectivity index (χ1n) is 8.29. The third kappa shape index (κ3) is 5.61. The van der Waals surface area contributed by atoms with Gasteiger partial charge in [0.2, 0.25) is 5.91 Å². The standard InChI is InChI=1S/C17H32N4O2/c1-8-17(23,15(2,3)4)12-21-13(11-18-20-21)9-10-14(22)19-16(5,6)7/h11,23H,8-10,12H2,1-7H3,(H,19,22)/t17-/m1/s1. The van der Waals surface area contributed by atoms with Crippen LogP contribution in [0.2, 0.25) is 0 Å². The molecule has 0 aliphatic heterocycles. The fraction of sp³-hybridized carbons (Fsp3) is 0.824. The fourth-order valence-electron chi connectivity index (χ4n) is 2.46. The average molecular weight is 324 g/mol. The van der Waals surface area contributed by atoms with Crippen LogP contribution in [0.25, 0.3) is 0 Å². The number of aromatic nitrogens is 3. The lowest BCUT2D eigenvalue weighted by Crippen LogP contribution is -2.46. The topological polar surface area (TPSA) is 80.0 Å². The van der Waals surface area contributed by atoms with Gasteiger partial charge in [-0.2, -0.15) is 0 Å². The molecule has 2 N–H and O–H groups in total. The molecule has 0 aliphatic carbocycles. The summed E-state index contributed by atoms with van der Waals surface area (Å²) < 4.78 is 1.72. The van der Waals surface area contributed by atoms with Crippen molar-refractivity contribution in [2.75, 3.05) is 0 Å². The molecule has 1 atom stereocenters. The molecule has 0 unspecified atom stereocenters. The zero-order chi connectivity index (χ0) is 17.9. The number of aryl methyl sites for hydroxylation is 1. The van der Waals surface area contributed by atoms with Gasteiger partial charge in [-0.15, -0.1) is 5.10 Å². The van der Waals surface area contributed by atoms with Crippen molar-refractivity contribution in [2.24, 2.45) is 5.41 Å². The summed E-state index contributed by atoms with van der Waals surface area (Å²) in [5.74, 6) is 0.00632. The number of nitrogens with one attached hydrogen (secondary N) is 1. The molecule has 0 bridgehead atoms. The van der Waals surface area contributed by atoms with Crippen molar-refractivity contribution in [3.05, 3.63) is 11.9 Å². The Labute approximate surface area is 139 Å². The highest BCUT2D eigenvalue weighted by molar-refractivity contribution is 5.76. The van der Waals surface area contributed by atoms with Crippen molar-refractivity contribution in [3.8, 4) is 0 Å². The lowest BCUT2D eigenvalue weighted by Gasteiger charge is -2.39. The number of carbonyl (C=O) groups is 1. The molecule has 1 aromatic heterocycles. The minimum Gasteiger partial charge on any atom is -0.387 e. The van der Waals surface area contributed by atoms with Crippen LogP contribution in [-0.2, 0) is 17.8 Å². The SMILES string of the molecule is CC[C@@](O)(Cn1nncc1CCC(=O)NC(C)(C)C)C(C)(C)C. The van der Waals surface area contributed by atoms with Crippen LogP contribution in [0.15, 0.2) is 6.20 Å². The van der Waals surface area contributed by atoms with Crippen molar-refractivity contribution in [3.63, 3.8) is 0 Å². The third-order valence-corrected chi connectivity index (χ3v) is 4.21. The molecule has 0 aromatic carbocycles. The largest absolute Gasteiger partial charge is 0.387 e. The predicted molar refractivity (Wildman–Crippen MR) is 90.9 cm³/mol. The highest BCUT2D eigenvalue weighted by Gasteiger charge is 2.39. The summed E-state index contributed by atoms with van der Waals surface area (Å²) >= 11 is 0. The van der Waals surface area contributed by atoms with E-state index >= 15 is 0 Å². The molecule has 132 valence electrons. The molecule has 0 aliphatic rings. The van der Waals surface area contributed by atoms with Gasteiger partial charge >= 0.3 is 0 Å². The summed E-state index contributed by atoms with van der Waals surface area (Å²) in [5.41, 5.74) is -0.507. The van der Waals surface area contributed by atoms with E-state index in [-0.39, 0.29) is 16.9 Å². The Morgan fingerprint density at radius 3 is 2.35 bits per heavy atom. The maximum Gasteiger partial charge on any atom is 0.220 e. The van der Waals surface area contributed by atoms with Gasteiger partial charge in [0.15, 0.2) is 0 Å². The predicted octanol–water partition coefficient (Wildman–Crippen LogP) is 2.31. The lowest BCUT2D eigenvalue weighted by atomic mass is 9.74. The number of aliphatic hydroxyl groups is 1. The van der Waals surface area contributed by atoms with Crippen LogP contribution in [0, 0.1) is 5.41 Å². The number of carbonyl (C=O) groups excluding carboxylic acids is 1. The van der Waals surface area contributed by atoms with Gasteiger partial charge in [0.25, 0.3) is 0 Å². The minimum atomic E-state index is -0.872. The van der Waals surface area contributed by atoms with Crippen molar-refractivity contribution in [1.29, 1.82) is 0 Å². The van der Waals surface area contributed by atoms with E-state index in [0.717, 1.165) is 5.69 Å². The summed E-state index contributed by atoms with van der Waals surface area (Å²) in [6, 6.07) is 0. The van der Waals surface area contributed by atoms with Crippen molar-refractivity contribution in [2.45, 2.75) is 85.4 Å². The molecule has 0 radical (unpaired) electrons. The normalized spacial score (nSPS) is 15.3. The highest BCUT2D eigenvalue weighted by atomic mass is 16.3. The lowest BCUT2D eigenvalue weighted by molar-refractivity contribution is -0.122. The van der Waals surface area contributed by atoms with Gasteiger partial charge in [-0.1, -0.05) is 32.9 Å². The van der Waals surface area contributed by atoms with E-state index in [0.29, 0.717) is 25.8 Å². The Morgan fingerprint density at radius 1 is 1.26 bits per heavy atom. The van der Waals surface area contributed by atoms with E-state index in [1.807, 2.05) is 48.5 Å². The minimum absolute atomic E-state index is 0.00632. The molecule has 1 rings (SSSR count). The molecule has 1 amide bonds. The molecule has 6 heteroatoms. The van der Waals surface area contributed by atoms with Crippen LogP contribution in [0.5, 0.6) is 0 Å². The van der Waals surface area contributed by atoms with E-state index in [1.54, 1.807) is 10.9 Å². The van der Waals surface area contributed by atoms with Crippen LogP contribution in [0.3, 0.4) is 0 Å². The molecule has 0 fully saturated rings. The molecule has 1 aromatic rings. The van der Waals surface area contributed by atoms with Gasteiger partial charge in [0.05, 0.1) is 24.0 Å². The molecule has 0 saturated carbocycles. The van der Waals surface area contributed by atoms with E-state index in [9.17, 15) is 9.90 Å². The Kier molecular flexibility index (Phi) is 5.96. The third-order valence-electron chi connectivity index (χ3n) is 4.21. The Hall–Kier alpha value is -1.43. The average Bonchev–Trinajstić information content (AvgIpc) is 2.80. The Morgan fingerprint density at radius 2 is 1.87 bits per heavy atom. The fourth-order valence-corrected chi connectivity index (χ4v) is 2.46. The number of nitrogens with zero attached hydrogens (tertiary/aromatic N) is 3. The Balaban J connectivity index is 2.76.